The molecule has 1 fully saturated rings. The molecule has 1 saturated heterocycles. The van der Waals surface area contributed by atoms with Crippen LogP contribution in [0.3, 0.4) is 0 Å². The molecule has 1 aliphatic heterocycles. The number of methoxy groups -OCH3 is 1. The summed E-state index contributed by atoms with van der Waals surface area (Å²) in [6.45, 7) is 1.94. The Morgan fingerprint density at radius 3 is 2.52 bits per heavy atom. The maximum atomic E-state index is 12.9. The van der Waals surface area contributed by atoms with Crippen LogP contribution in [-0.4, -0.2) is 65.1 Å². The predicted octanol–water partition coefficient (Wildman–Crippen LogP) is 3.06. The smallest absolute Gasteiger partial charge is 0.327 e. The molecule has 9 heteroatoms. The van der Waals surface area contributed by atoms with Crippen LogP contribution in [0.25, 0.3) is 11.3 Å². The van der Waals surface area contributed by atoms with Gasteiger partial charge in [0.2, 0.25) is 0 Å². The highest BCUT2D eigenvalue weighted by Gasteiger charge is 2.33. The van der Waals surface area contributed by atoms with Crippen molar-refractivity contribution in [3.63, 3.8) is 0 Å². The Morgan fingerprint density at radius 1 is 1.13 bits per heavy atom. The number of pyridine rings is 1. The second kappa shape index (κ2) is 9.28. The van der Waals surface area contributed by atoms with Crippen LogP contribution in [0.5, 0.6) is 0 Å². The summed E-state index contributed by atoms with van der Waals surface area (Å²) in [6.07, 6.45) is 3.31. The Morgan fingerprint density at radius 2 is 1.87 bits per heavy atom. The van der Waals surface area contributed by atoms with Crippen molar-refractivity contribution in [2.45, 2.75) is 6.04 Å². The monoisotopic (exact) mass is 440 g/mol. The van der Waals surface area contributed by atoms with Gasteiger partial charge < -0.3 is 14.2 Å². The molecule has 0 aliphatic carbocycles. The molecule has 1 aliphatic rings. The first-order valence-electron chi connectivity index (χ1n) is 9.80. The molecule has 0 unspecified atom stereocenters. The van der Waals surface area contributed by atoms with Gasteiger partial charge in [-0.25, -0.2) is 4.79 Å². The Hall–Kier alpha value is -3.23. The van der Waals surface area contributed by atoms with E-state index in [0.717, 1.165) is 11.1 Å². The van der Waals surface area contributed by atoms with Gasteiger partial charge in [-0.2, -0.15) is 0 Å². The number of rotatable bonds is 5. The number of esters is 1. The van der Waals surface area contributed by atoms with E-state index in [9.17, 15) is 9.59 Å². The first-order valence-corrected chi connectivity index (χ1v) is 10.2. The lowest BCUT2D eigenvalue weighted by molar-refractivity contribution is -0.148. The van der Waals surface area contributed by atoms with Crippen molar-refractivity contribution in [1.29, 1.82) is 0 Å². The standard InChI is InChI=1S/C22H21ClN4O4/c1-30-22(29)20(15-4-6-17(23)7-5-15)26-9-11-27(12-10-26)21(28)18-13-19(31-25-18)16-3-2-8-24-14-16/h2-8,13-14,20H,9-12H2,1H3/t20-/m0/s1. The average Bonchev–Trinajstić information content (AvgIpc) is 3.31. The zero-order chi connectivity index (χ0) is 21.8. The highest BCUT2D eigenvalue weighted by Crippen LogP contribution is 2.26. The molecule has 0 spiro atoms. The van der Waals surface area contributed by atoms with Crippen LogP contribution < -0.4 is 0 Å². The molecule has 8 nitrogen and oxygen atoms in total. The number of benzene rings is 1. The molecule has 0 bridgehead atoms. The number of hydrogen-bond acceptors (Lipinski definition) is 7. The summed E-state index contributed by atoms with van der Waals surface area (Å²) in [5, 5.41) is 4.52. The van der Waals surface area contributed by atoms with E-state index >= 15 is 0 Å². The third-order valence-electron chi connectivity index (χ3n) is 5.25. The highest BCUT2D eigenvalue weighted by atomic mass is 35.5. The summed E-state index contributed by atoms with van der Waals surface area (Å²) in [6, 6.07) is 11.8. The van der Waals surface area contributed by atoms with Gasteiger partial charge in [0.05, 0.1) is 7.11 Å². The molecule has 0 saturated carbocycles. The summed E-state index contributed by atoms with van der Waals surface area (Å²) in [7, 11) is 1.37. The normalized spacial score (nSPS) is 15.5. The van der Waals surface area contributed by atoms with E-state index in [-0.39, 0.29) is 17.6 Å². The molecule has 31 heavy (non-hydrogen) atoms. The van der Waals surface area contributed by atoms with Crippen molar-refractivity contribution in [1.82, 2.24) is 19.9 Å². The summed E-state index contributed by atoms with van der Waals surface area (Å²) in [5.41, 5.74) is 1.80. The van der Waals surface area contributed by atoms with E-state index in [1.165, 1.54) is 7.11 Å². The van der Waals surface area contributed by atoms with Crippen molar-refractivity contribution in [3.8, 4) is 11.3 Å². The Labute approximate surface area is 184 Å². The molecular weight excluding hydrogens is 420 g/mol. The lowest BCUT2D eigenvalue weighted by Gasteiger charge is -2.38. The minimum atomic E-state index is -0.552. The topological polar surface area (TPSA) is 88.8 Å². The second-order valence-corrected chi connectivity index (χ2v) is 7.56. The Balaban J connectivity index is 1.43. The second-order valence-electron chi connectivity index (χ2n) is 7.12. The zero-order valence-corrected chi connectivity index (χ0v) is 17.7. The number of nitrogens with zero attached hydrogens (tertiary/aromatic N) is 4. The number of aromatic nitrogens is 2. The molecule has 1 amide bonds. The van der Waals surface area contributed by atoms with E-state index in [2.05, 4.69) is 10.1 Å². The third kappa shape index (κ3) is 4.60. The fourth-order valence-electron chi connectivity index (χ4n) is 3.62. The van der Waals surface area contributed by atoms with E-state index in [1.54, 1.807) is 41.6 Å². The summed E-state index contributed by atoms with van der Waals surface area (Å²) in [5.74, 6) is -0.0667. The molecule has 2 aromatic heterocycles. The predicted molar refractivity (Wildman–Crippen MR) is 113 cm³/mol. The maximum absolute atomic E-state index is 12.9. The van der Waals surface area contributed by atoms with E-state index in [1.807, 2.05) is 23.1 Å². The molecule has 3 aromatic rings. The van der Waals surface area contributed by atoms with Crippen LogP contribution in [0.15, 0.2) is 59.4 Å². The SMILES string of the molecule is COC(=O)[C@H](c1ccc(Cl)cc1)N1CCN(C(=O)c2cc(-c3cccnc3)on2)CC1. The first-order chi connectivity index (χ1) is 15.1. The largest absolute Gasteiger partial charge is 0.468 e. The van der Waals surface area contributed by atoms with E-state index < -0.39 is 6.04 Å². The third-order valence-corrected chi connectivity index (χ3v) is 5.50. The van der Waals surface area contributed by atoms with E-state index in [0.29, 0.717) is 37.0 Å². The molecule has 1 atom stereocenters. The number of ether oxygens (including phenoxy) is 1. The van der Waals surface area contributed by atoms with Gasteiger partial charge >= 0.3 is 5.97 Å². The van der Waals surface area contributed by atoms with Gasteiger partial charge in [-0.05, 0) is 29.8 Å². The summed E-state index contributed by atoms with van der Waals surface area (Å²) >= 11 is 5.98. The molecule has 4 rings (SSSR count). The number of carbonyl (C=O) groups excluding carboxylic acids is 2. The molecule has 0 N–H and O–H groups in total. The number of piperazine rings is 1. The Kier molecular flexibility index (Phi) is 6.29. The van der Waals surface area contributed by atoms with Crippen molar-refractivity contribution < 1.29 is 18.8 Å². The number of hydrogen-bond donors (Lipinski definition) is 0. The van der Waals surface area contributed by atoms with Gasteiger partial charge in [0.25, 0.3) is 5.91 Å². The number of carbonyl (C=O) groups is 2. The lowest BCUT2D eigenvalue weighted by atomic mass is 10.0. The average molecular weight is 441 g/mol. The summed E-state index contributed by atoms with van der Waals surface area (Å²) in [4.78, 5) is 33.1. The van der Waals surface area contributed by atoms with Crippen molar-refractivity contribution >= 4 is 23.5 Å². The van der Waals surface area contributed by atoms with Crippen LogP contribution in [-0.2, 0) is 9.53 Å². The quantitative estimate of drug-likeness (QED) is 0.563. The zero-order valence-electron chi connectivity index (χ0n) is 16.9. The number of amides is 1. The van der Waals surface area contributed by atoms with Gasteiger partial charge in [-0.15, -0.1) is 0 Å². The van der Waals surface area contributed by atoms with Crippen LogP contribution in [0.2, 0.25) is 5.02 Å². The lowest BCUT2D eigenvalue weighted by Crippen LogP contribution is -2.51. The van der Waals surface area contributed by atoms with Gasteiger partial charge in [0.1, 0.15) is 6.04 Å². The fraction of sp³-hybridized carbons (Fsp3) is 0.273. The highest BCUT2D eigenvalue weighted by molar-refractivity contribution is 6.30. The van der Waals surface area contributed by atoms with Crippen molar-refractivity contribution in [2.75, 3.05) is 33.3 Å². The van der Waals surface area contributed by atoms with Gasteiger partial charge in [-0.3, -0.25) is 14.7 Å². The van der Waals surface area contributed by atoms with Crippen molar-refractivity contribution in [2.24, 2.45) is 0 Å². The van der Waals surface area contributed by atoms with Gasteiger partial charge in [-0.1, -0.05) is 28.9 Å². The maximum Gasteiger partial charge on any atom is 0.327 e. The summed E-state index contributed by atoms with van der Waals surface area (Å²) < 4.78 is 10.3. The van der Waals surface area contributed by atoms with E-state index in [4.69, 9.17) is 20.9 Å². The minimum Gasteiger partial charge on any atom is -0.468 e. The molecule has 160 valence electrons. The molecular formula is C22H21ClN4O4. The molecule has 0 radical (unpaired) electrons. The minimum absolute atomic E-state index is 0.209. The molecule has 1 aromatic carbocycles. The van der Waals surface area contributed by atoms with Crippen LogP contribution in [0, 0.1) is 0 Å². The van der Waals surface area contributed by atoms with Gasteiger partial charge in [0, 0.05) is 55.2 Å². The Bertz CT molecular complexity index is 1050. The van der Waals surface area contributed by atoms with Crippen LogP contribution in [0.4, 0.5) is 0 Å². The van der Waals surface area contributed by atoms with Crippen LogP contribution in [0.1, 0.15) is 22.1 Å². The fourth-order valence-corrected chi connectivity index (χ4v) is 3.74. The van der Waals surface area contributed by atoms with Crippen LogP contribution >= 0.6 is 11.6 Å². The molecule has 3 heterocycles. The number of halogens is 1. The van der Waals surface area contributed by atoms with Gasteiger partial charge in [0.15, 0.2) is 11.5 Å². The van der Waals surface area contributed by atoms with Crippen molar-refractivity contribution in [3.05, 3.63) is 71.1 Å². The first kappa shape index (κ1) is 21.0.